The number of ether oxygens (including phenoxy) is 1. The van der Waals surface area contributed by atoms with Crippen LogP contribution in [-0.4, -0.2) is 18.8 Å². The van der Waals surface area contributed by atoms with Gasteiger partial charge in [0.2, 0.25) is 5.78 Å². The molecule has 0 unspecified atom stereocenters. The van der Waals surface area contributed by atoms with Gasteiger partial charge in [0.05, 0.1) is 17.8 Å². The molecular weight excluding hydrogens is 409 g/mol. The Kier molecular flexibility index (Phi) is 5.25. The van der Waals surface area contributed by atoms with Gasteiger partial charge in [-0.2, -0.15) is 0 Å². The maximum absolute atomic E-state index is 13.5. The predicted octanol–water partition coefficient (Wildman–Crippen LogP) is 5.72. The van der Waals surface area contributed by atoms with E-state index >= 15 is 0 Å². The third-order valence-corrected chi connectivity index (χ3v) is 4.84. The Morgan fingerprint density at radius 1 is 1.00 bits per heavy atom. The Hall–Kier alpha value is -3.64. The van der Waals surface area contributed by atoms with E-state index in [4.69, 9.17) is 20.8 Å². The van der Waals surface area contributed by atoms with Crippen molar-refractivity contribution in [1.29, 1.82) is 0 Å². The first kappa shape index (κ1) is 19.7. The fraction of sp³-hybridized carbons (Fsp3) is 0.0435. The molecule has 0 bridgehead atoms. The van der Waals surface area contributed by atoms with E-state index in [0.717, 1.165) is 6.07 Å². The van der Waals surface area contributed by atoms with Crippen molar-refractivity contribution in [2.24, 2.45) is 0 Å². The molecule has 0 fully saturated rings. The van der Waals surface area contributed by atoms with Crippen molar-refractivity contribution in [2.45, 2.75) is 0 Å². The standard InChI is InChI=1S/C23H15ClFNO4/c1-29-19-10-9-13(12-17(19)24)21(27)22-20(16-7-2-3-8-18(16)30-22)26-23(28)14-5-4-6-15(25)11-14/h2-12H,1H3,(H,26,28). The number of nitrogens with one attached hydrogen (secondary N) is 1. The topological polar surface area (TPSA) is 68.5 Å². The first-order valence-electron chi connectivity index (χ1n) is 8.94. The van der Waals surface area contributed by atoms with Crippen LogP contribution in [0.2, 0.25) is 5.02 Å². The highest BCUT2D eigenvalue weighted by molar-refractivity contribution is 6.32. The molecule has 1 N–H and O–H groups in total. The molecule has 1 heterocycles. The van der Waals surface area contributed by atoms with Gasteiger partial charge < -0.3 is 14.5 Å². The van der Waals surface area contributed by atoms with Crippen LogP contribution < -0.4 is 10.1 Å². The third kappa shape index (κ3) is 3.65. The number of furan rings is 1. The summed E-state index contributed by atoms with van der Waals surface area (Å²) >= 11 is 6.15. The van der Waals surface area contributed by atoms with Gasteiger partial charge in [-0.15, -0.1) is 0 Å². The molecule has 30 heavy (non-hydrogen) atoms. The number of ketones is 1. The second-order valence-electron chi connectivity index (χ2n) is 6.45. The number of anilines is 1. The Morgan fingerprint density at radius 3 is 2.53 bits per heavy atom. The maximum Gasteiger partial charge on any atom is 0.255 e. The summed E-state index contributed by atoms with van der Waals surface area (Å²) in [6.45, 7) is 0. The van der Waals surface area contributed by atoms with Crippen molar-refractivity contribution in [3.8, 4) is 5.75 Å². The molecule has 3 aromatic carbocycles. The molecular formula is C23H15ClFNO4. The number of carbonyl (C=O) groups excluding carboxylic acids is 2. The fourth-order valence-corrected chi connectivity index (χ4v) is 3.34. The first-order chi connectivity index (χ1) is 14.5. The number of hydrogen-bond donors (Lipinski definition) is 1. The van der Waals surface area contributed by atoms with Crippen LogP contribution in [0.5, 0.6) is 5.75 Å². The van der Waals surface area contributed by atoms with E-state index in [1.165, 1.54) is 31.4 Å². The van der Waals surface area contributed by atoms with E-state index in [9.17, 15) is 14.0 Å². The number of hydrogen-bond acceptors (Lipinski definition) is 4. The second kappa shape index (κ2) is 8.00. The number of amides is 1. The van der Waals surface area contributed by atoms with Gasteiger partial charge in [0.15, 0.2) is 5.76 Å². The van der Waals surface area contributed by atoms with Crippen molar-refractivity contribution >= 4 is 39.9 Å². The van der Waals surface area contributed by atoms with Crippen LogP contribution in [0.3, 0.4) is 0 Å². The normalized spacial score (nSPS) is 10.8. The van der Waals surface area contributed by atoms with Crippen LogP contribution in [0.15, 0.2) is 71.1 Å². The number of carbonyl (C=O) groups is 2. The summed E-state index contributed by atoms with van der Waals surface area (Å²) in [7, 11) is 1.47. The van der Waals surface area contributed by atoms with Crippen LogP contribution in [0.4, 0.5) is 10.1 Å². The lowest BCUT2D eigenvalue weighted by molar-refractivity contribution is 0.101. The van der Waals surface area contributed by atoms with E-state index in [1.54, 1.807) is 36.4 Å². The predicted molar refractivity (Wildman–Crippen MR) is 112 cm³/mol. The molecule has 1 amide bonds. The quantitative estimate of drug-likeness (QED) is 0.417. The molecule has 0 atom stereocenters. The highest BCUT2D eigenvalue weighted by Crippen LogP contribution is 2.34. The minimum Gasteiger partial charge on any atom is -0.495 e. The Bertz CT molecular complexity index is 1280. The Morgan fingerprint density at radius 2 is 1.80 bits per heavy atom. The Labute approximate surface area is 176 Å². The zero-order valence-electron chi connectivity index (χ0n) is 15.7. The number of para-hydroxylation sites is 1. The highest BCUT2D eigenvalue weighted by Gasteiger charge is 2.24. The molecule has 0 aliphatic carbocycles. The summed E-state index contributed by atoms with van der Waals surface area (Å²) in [5.41, 5.74) is 1.01. The van der Waals surface area contributed by atoms with Gasteiger partial charge in [0.1, 0.15) is 17.1 Å². The van der Waals surface area contributed by atoms with Gasteiger partial charge in [-0.25, -0.2) is 4.39 Å². The van der Waals surface area contributed by atoms with Crippen molar-refractivity contribution in [2.75, 3.05) is 12.4 Å². The minimum atomic E-state index is -0.567. The fourth-order valence-electron chi connectivity index (χ4n) is 3.08. The van der Waals surface area contributed by atoms with Crippen molar-refractivity contribution in [3.63, 3.8) is 0 Å². The third-order valence-electron chi connectivity index (χ3n) is 4.54. The summed E-state index contributed by atoms with van der Waals surface area (Å²) in [6.07, 6.45) is 0. The summed E-state index contributed by atoms with van der Waals surface area (Å²) in [6, 6.07) is 16.8. The number of rotatable bonds is 5. The number of methoxy groups -OCH3 is 1. The lowest BCUT2D eigenvalue weighted by Gasteiger charge is -2.08. The van der Waals surface area contributed by atoms with Crippen LogP contribution >= 0.6 is 11.6 Å². The van der Waals surface area contributed by atoms with Crippen LogP contribution in [-0.2, 0) is 0 Å². The molecule has 4 rings (SSSR count). The molecule has 5 nitrogen and oxygen atoms in total. The minimum absolute atomic E-state index is 0.0535. The molecule has 0 aliphatic heterocycles. The average molecular weight is 424 g/mol. The molecule has 7 heteroatoms. The molecule has 0 radical (unpaired) electrons. The zero-order chi connectivity index (χ0) is 21.3. The van der Waals surface area contributed by atoms with Crippen LogP contribution in [0.25, 0.3) is 11.0 Å². The SMILES string of the molecule is COc1ccc(C(=O)c2oc3ccccc3c2NC(=O)c2cccc(F)c2)cc1Cl. The van der Waals surface area contributed by atoms with Gasteiger partial charge in [-0.3, -0.25) is 9.59 Å². The van der Waals surface area contributed by atoms with Crippen LogP contribution in [0.1, 0.15) is 26.5 Å². The van der Waals surface area contributed by atoms with Gasteiger partial charge in [-0.1, -0.05) is 29.8 Å². The maximum atomic E-state index is 13.5. The van der Waals surface area contributed by atoms with Gasteiger partial charge in [0.25, 0.3) is 5.91 Å². The van der Waals surface area contributed by atoms with Gasteiger partial charge in [-0.05, 0) is 48.5 Å². The summed E-state index contributed by atoms with van der Waals surface area (Å²) in [4.78, 5) is 25.8. The molecule has 0 saturated carbocycles. The largest absolute Gasteiger partial charge is 0.495 e. The lowest BCUT2D eigenvalue weighted by Crippen LogP contribution is -2.14. The van der Waals surface area contributed by atoms with E-state index in [1.807, 2.05) is 0 Å². The highest BCUT2D eigenvalue weighted by atomic mass is 35.5. The molecule has 0 spiro atoms. The summed E-state index contributed by atoms with van der Waals surface area (Å²) in [5.74, 6) is -1.20. The zero-order valence-corrected chi connectivity index (χ0v) is 16.5. The number of halogens is 2. The average Bonchev–Trinajstić information content (AvgIpc) is 3.11. The number of benzene rings is 3. The van der Waals surface area contributed by atoms with E-state index < -0.39 is 17.5 Å². The van der Waals surface area contributed by atoms with Crippen molar-refractivity contribution < 1.29 is 23.1 Å². The summed E-state index contributed by atoms with van der Waals surface area (Å²) in [5, 5.41) is 3.50. The van der Waals surface area contributed by atoms with Gasteiger partial charge in [0, 0.05) is 16.5 Å². The smallest absolute Gasteiger partial charge is 0.255 e. The van der Waals surface area contributed by atoms with E-state index in [0.29, 0.717) is 16.7 Å². The monoisotopic (exact) mass is 423 g/mol. The van der Waals surface area contributed by atoms with Gasteiger partial charge >= 0.3 is 0 Å². The van der Waals surface area contributed by atoms with E-state index in [2.05, 4.69) is 5.32 Å². The molecule has 150 valence electrons. The Balaban J connectivity index is 1.78. The molecule has 0 saturated heterocycles. The number of fused-ring (bicyclic) bond motifs is 1. The van der Waals surface area contributed by atoms with E-state index in [-0.39, 0.29) is 27.6 Å². The van der Waals surface area contributed by atoms with Crippen molar-refractivity contribution in [1.82, 2.24) is 0 Å². The molecule has 4 aromatic rings. The van der Waals surface area contributed by atoms with Crippen molar-refractivity contribution in [3.05, 3.63) is 94.5 Å². The lowest BCUT2D eigenvalue weighted by atomic mass is 10.1. The first-order valence-corrected chi connectivity index (χ1v) is 9.32. The second-order valence-corrected chi connectivity index (χ2v) is 6.85. The molecule has 0 aliphatic rings. The van der Waals surface area contributed by atoms with Crippen LogP contribution in [0, 0.1) is 5.82 Å². The molecule has 1 aromatic heterocycles. The summed E-state index contributed by atoms with van der Waals surface area (Å²) < 4.78 is 24.4.